The van der Waals surface area contributed by atoms with Gasteiger partial charge in [-0.1, -0.05) is 76.8 Å². The molecule has 6 heteroatoms. The van der Waals surface area contributed by atoms with Crippen LogP contribution >= 0.6 is 0 Å². The monoisotopic (exact) mass is 418 g/mol. The lowest BCUT2D eigenvalue weighted by atomic mass is 10.0. The van der Waals surface area contributed by atoms with Gasteiger partial charge in [-0.05, 0) is 42.7 Å². The zero-order valence-corrected chi connectivity index (χ0v) is 18.3. The van der Waals surface area contributed by atoms with E-state index in [0.29, 0.717) is 5.76 Å². The molecule has 0 atom stereocenters. The molecule has 1 N–H and O–H groups in total. The summed E-state index contributed by atoms with van der Waals surface area (Å²) in [5.74, 6) is 0.486. The van der Waals surface area contributed by atoms with Crippen molar-refractivity contribution in [3.63, 3.8) is 0 Å². The number of sulfonamides is 1. The van der Waals surface area contributed by atoms with Crippen LogP contribution in [-0.4, -0.2) is 14.6 Å². The maximum atomic E-state index is 12.3. The molecular formula is C23H34N2O3S. The Kier molecular flexibility index (Phi) is 10.6. The highest BCUT2D eigenvalue weighted by molar-refractivity contribution is 7.89. The quantitative estimate of drug-likeness (QED) is 0.217. The van der Waals surface area contributed by atoms with Crippen molar-refractivity contribution in [3.8, 4) is 0 Å². The summed E-state index contributed by atoms with van der Waals surface area (Å²) in [4.78, 5) is 2.41. The number of benzene rings is 1. The molecule has 0 aliphatic carbocycles. The van der Waals surface area contributed by atoms with E-state index in [1.165, 1.54) is 75.8 Å². The highest BCUT2D eigenvalue weighted by Gasteiger charge is 2.12. The molecule has 0 amide bonds. The predicted octanol–water partition coefficient (Wildman–Crippen LogP) is 6.06. The molecule has 29 heavy (non-hydrogen) atoms. The van der Waals surface area contributed by atoms with Crippen LogP contribution in [0.15, 0.2) is 57.1 Å². The van der Waals surface area contributed by atoms with Crippen molar-refractivity contribution < 1.29 is 12.8 Å². The van der Waals surface area contributed by atoms with E-state index < -0.39 is 10.0 Å². The molecule has 0 saturated heterocycles. The number of nitrogens with zero attached hydrogens (tertiary/aromatic N) is 1. The van der Waals surface area contributed by atoms with Gasteiger partial charge in [0.2, 0.25) is 0 Å². The summed E-state index contributed by atoms with van der Waals surface area (Å²) in [5.41, 5.74) is 1.17. The topological polar surface area (TPSA) is 71.7 Å². The molecule has 1 heterocycles. The first-order chi connectivity index (χ1) is 14.1. The maximum absolute atomic E-state index is 12.3. The van der Waals surface area contributed by atoms with Gasteiger partial charge >= 0.3 is 0 Å². The zero-order chi connectivity index (χ0) is 20.8. The maximum Gasteiger partial charge on any atom is 0.276 e. The van der Waals surface area contributed by atoms with E-state index in [4.69, 9.17) is 4.42 Å². The SMILES string of the molecule is CCCCCCCCCCCCc1ccc(S(=O)(=O)N/N=C\c2ccco2)cc1. The van der Waals surface area contributed by atoms with Crippen molar-refractivity contribution in [3.05, 3.63) is 54.0 Å². The minimum Gasteiger partial charge on any atom is -0.463 e. The summed E-state index contributed by atoms with van der Waals surface area (Å²) in [6, 6.07) is 10.5. The molecule has 1 aromatic carbocycles. The second-order valence-electron chi connectivity index (χ2n) is 7.44. The van der Waals surface area contributed by atoms with Crippen LogP contribution in [0.1, 0.15) is 82.5 Å². The molecule has 0 radical (unpaired) electrons. The third kappa shape index (κ3) is 9.31. The third-order valence-electron chi connectivity index (χ3n) is 4.96. The molecule has 0 aliphatic rings. The molecule has 0 bridgehead atoms. The smallest absolute Gasteiger partial charge is 0.276 e. The molecule has 160 valence electrons. The van der Waals surface area contributed by atoms with Gasteiger partial charge in [-0.15, -0.1) is 0 Å². The van der Waals surface area contributed by atoms with E-state index in [0.717, 1.165) is 12.8 Å². The molecule has 0 spiro atoms. The normalized spacial score (nSPS) is 11.9. The highest BCUT2D eigenvalue weighted by atomic mass is 32.2. The first kappa shape index (κ1) is 23.2. The average Bonchev–Trinajstić information content (AvgIpc) is 3.23. The third-order valence-corrected chi connectivity index (χ3v) is 6.20. The minimum absolute atomic E-state index is 0.209. The van der Waals surface area contributed by atoms with Crippen molar-refractivity contribution in [1.82, 2.24) is 4.83 Å². The van der Waals surface area contributed by atoms with E-state index in [2.05, 4.69) is 16.9 Å². The van der Waals surface area contributed by atoms with Crippen LogP contribution in [0.4, 0.5) is 0 Å². The van der Waals surface area contributed by atoms with Crippen LogP contribution in [0.5, 0.6) is 0 Å². The lowest BCUT2D eigenvalue weighted by molar-refractivity contribution is 0.556. The van der Waals surface area contributed by atoms with Crippen molar-refractivity contribution in [2.45, 2.75) is 82.4 Å². The lowest BCUT2D eigenvalue weighted by Gasteiger charge is -2.06. The Morgan fingerprint density at radius 3 is 2.10 bits per heavy atom. The Morgan fingerprint density at radius 2 is 1.52 bits per heavy atom. The Hall–Kier alpha value is -2.08. The first-order valence-electron chi connectivity index (χ1n) is 10.8. The Morgan fingerprint density at radius 1 is 0.897 bits per heavy atom. The fourth-order valence-electron chi connectivity index (χ4n) is 3.23. The highest BCUT2D eigenvalue weighted by Crippen LogP contribution is 2.15. The number of hydrogen-bond donors (Lipinski definition) is 1. The molecule has 1 aromatic heterocycles. The number of unbranched alkanes of at least 4 members (excludes halogenated alkanes) is 9. The van der Waals surface area contributed by atoms with Gasteiger partial charge in [0.15, 0.2) is 0 Å². The van der Waals surface area contributed by atoms with E-state index >= 15 is 0 Å². The second-order valence-corrected chi connectivity index (χ2v) is 9.11. The lowest BCUT2D eigenvalue weighted by Crippen LogP contribution is -2.18. The van der Waals surface area contributed by atoms with Gasteiger partial charge in [0.05, 0.1) is 17.4 Å². The zero-order valence-electron chi connectivity index (χ0n) is 17.5. The minimum atomic E-state index is -3.66. The van der Waals surface area contributed by atoms with E-state index in [9.17, 15) is 8.42 Å². The molecule has 2 aromatic rings. The largest absolute Gasteiger partial charge is 0.463 e. The number of hydrazone groups is 1. The van der Waals surface area contributed by atoms with Gasteiger partial charge < -0.3 is 4.42 Å². The number of nitrogens with one attached hydrogen (secondary N) is 1. The predicted molar refractivity (Wildman–Crippen MR) is 119 cm³/mol. The fraction of sp³-hybridized carbons (Fsp3) is 0.522. The first-order valence-corrected chi connectivity index (χ1v) is 12.3. The summed E-state index contributed by atoms with van der Waals surface area (Å²) in [7, 11) is -3.66. The average molecular weight is 419 g/mol. The van der Waals surface area contributed by atoms with Crippen LogP contribution in [0, 0.1) is 0 Å². The van der Waals surface area contributed by atoms with Crippen molar-refractivity contribution >= 4 is 16.2 Å². The number of hydrogen-bond acceptors (Lipinski definition) is 4. The number of aryl methyl sites for hydroxylation is 1. The van der Waals surface area contributed by atoms with E-state index in [1.807, 2.05) is 12.1 Å². The summed E-state index contributed by atoms with van der Waals surface area (Å²) in [6.45, 7) is 2.25. The molecule has 0 saturated carbocycles. The summed E-state index contributed by atoms with van der Waals surface area (Å²) in [5, 5.41) is 3.73. The van der Waals surface area contributed by atoms with Gasteiger partial charge in [-0.2, -0.15) is 18.4 Å². The van der Waals surface area contributed by atoms with Gasteiger partial charge in [-0.3, -0.25) is 0 Å². The van der Waals surface area contributed by atoms with E-state index in [-0.39, 0.29) is 4.90 Å². The van der Waals surface area contributed by atoms with Gasteiger partial charge in [-0.25, -0.2) is 0 Å². The van der Waals surface area contributed by atoms with Crippen LogP contribution < -0.4 is 4.83 Å². The standard InChI is InChI=1S/C23H34N2O3S/c1-2-3-4-5-6-7-8-9-10-11-13-21-15-17-23(18-16-21)29(26,27)25-24-20-22-14-12-19-28-22/h12,14-20,25H,2-11,13H2,1H3/b24-20-. The van der Waals surface area contributed by atoms with Crippen molar-refractivity contribution in [2.75, 3.05) is 0 Å². The van der Waals surface area contributed by atoms with Crippen molar-refractivity contribution in [2.24, 2.45) is 5.10 Å². The Bertz CT molecular complexity index is 797. The number of furan rings is 1. The van der Waals surface area contributed by atoms with Gasteiger partial charge in [0, 0.05) is 0 Å². The van der Waals surface area contributed by atoms with Crippen LogP contribution in [-0.2, 0) is 16.4 Å². The van der Waals surface area contributed by atoms with Crippen LogP contribution in [0.25, 0.3) is 0 Å². The summed E-state index contributed by atoms with van der Waals surface area (Å²) in [6.07, 6.45) is 17.0. The summed E-state index contributed by atoms with van der Waals surface area (Å²) < 4.78 is 29.6. The molecule has 5 nitrogen and oxygen atoms in total. The Balaban J connectivity index is 1.63. The summed E-state index contributed by atoms with van der Waals surface area (Å²) >= 11 is 0. The van der Waals surface area contributed by atoms with Gasteiger partial charge in [0.25, 0.3) is 10.0 Å². The van der Waals surface area contributed by atoms with Crippen LogP contribution in [0.3, 0.4) is 0 Å². The molecule has 0 aliphatic heterocycles. The molecule has 0 unspecified atom stereocenters. The molecule has 2 rings (SSSR count). The fourth-order valence-corrected chi connectivity index (χ4v) is 4.02. The van der Waals surface area contributed by atoms with Gasteiger partial charge in [0.1, 0.15) is 5.76 Å². The van der Waals surface area contributed by atoms with E-state index in [1.54, 1.807) is 24.3 Å². The molecule has 0 fully saturated rings. The van der Waals surface area contributed by atoms with Crippen LogP contribution in [0.2, 0.25) is 0 Å². The second kappa shape index (κ2) is 13.2. The number of rotatable bonds is 15. The Labute approximate surface area is 175 Å². The van der Waals surface area contributed by atoms with Crippen molar-refractivity contribution in [1.29, 1.82) is 0 Å². The molecular weight excluding hydrogens is 384 g/mol.